The second-order valence-electron chi connectivity index (χ2n) is 7.25. The molecule has 0 saturated carbocycles. The van der Waals surface area contributed by atoms with Crippen molar-refractivity contribution < 1.29 is 9.59 Å². The van der Waals surface area contributed by atoms with Gasteiger partial charge in [-0.25, -0.2) is 0 Å². The first-order valence-corrected chi connectivity index (χ1v) is 10.3. The van der Waals surface area contributed by atoms with Crippen molar-refractivity contribution in [3.63, 3.8) is 0 Å². The summed E-state index contributed by atoms with van der Waals surface area (Å²) >= 11 is 0. The van der Waals surface area contributed by atoms with Gasteiger partial charge >= 0.3 is 0 Å². The Morgan fingerprint density at radius 3 is 2.25 bits per heavy atom. The molecule has 0 aromatic rings. The van der Waals surface area contributed by atoms with Gasteiger partial charge in [0, 0.05) is 13.3 Å². The van der Waals surface area contributed by atoms with E-state index >= 15 is 0 Å². The fraction of sp³-hybridized carbons (Fsp3) is 0.810. The average Bonchev–Trinajstić information content (AvgIpc) is 3.00. The molecule has 3 unspecified atom stereocenters. The fourth-order valence-electron chi connectivity index (χ4n) is 3.72. The van der Waals surface area contributed by atoms with Crippen LogP contribution in [0.4, 0.5) is 0 Å². The summed E-state index contributed by atoms with van der Waals surface area (Å²) in [6, 6.07) is 0. The number of quaternary nitrogens is 1. The van der Waals surface area contributed by atoms with E-state index in [1.807, 2.05) is 13.1 Å². The van der Waals surface area contributed by atoms with Crippen LogP contribution in [0.1, 0.15) is 91.4 Å². The zero-order valence-corrected chi connectivity index (χ0v) is 16.3. The maximum absolute atomic E-state index is 10.1. The van der Waals surface area contributed by atoms with Crippen molar-refractivity contribution in [2.75, 3.05) is 6.54 Å². The summed E-state index contributed by atoms with van der Waals surface area (Å²) in [5.41, 5.74) is 0. The Hall–Kier alpha value is -0.800. The van der Waals surface area contributed by atoms with E-state index in [9.17, 15) is 5.11 Å². The largest absolute Gasteiger partial charge is 0.345 e. The van der Waals surface area contributed by atoms with Gasteiger partial charge in [-0.3, -0.25) is 4.48 Å². The standard InChI is InChI=1S/C21H41N2O/c1-4-6-7-8-9-10-11-12-13-14-15-16-17-21-22-18-19-23(21,5-2)20(3)24/h14-15,18-22,24H,4-13,16-17H2,1-3H3/q+1/b15-14+. The van der Waals surface area contributed by atoms with Gasteiger partial charge < -0.3 is 10.4 Å². The SMILES string of the molecule is CCCCCCCCCC/C=C/CCC1NC=C[N+]1(CC)C(C)O. The molecule has 3 heteroatoms. The molecular formula is C21H41N2O+. The van der Waals surface area contributed by atoms with Gasteiger partial charge in [-0.05, 0) is 26.2 Å². The zero-order valence-electron chi connectivity index (χ0n) is 16.3. The predicted molar refractivity (Wildman–Crippen MR) is 104 cm³/mol. The summed E-state index contributed by atoms with van der Waals surface area (Å²) in [7, 11) is 0. The molecule has 140 valence electrons. The average molecular weight is 338 g/mol. The van der Waals surface area contributed by atoms with Crippen molar-refractivity contribution in [1.29, 1.82) is 0 Å². The normalized spacial score (nSPS) is 24.6. The maximum atomic E-state index is 10.1. The van der Waals surface area contributed by atoms with Crippen LogP contribution in [0.2, 0.25) is 0 Å². The number of rotatable bonds is 14. The first-order chi connectivity index (χ1) is 11.7. The van der Waals surface area contributed by atoms with Crippen molar-refractivity contribution in [3.8, 4) is 0 Å². The van der Waals surface area contributed by atoms with Gasteiger partial charge in [0.15, 0.2) is 12.4 Å². The van der Waals surface area contributed by atoms with E-state index in [0.717, 1.165) is 19.4 Å². The predicted octanol–water partition coefficient (Wildman–Crippen LogP) is 5.43. The van der Waals surface area contributed by atoms with E-state index in [0.29, 0.717) is 10.6 Å². The molecule has 1 heterocycles. The maximum Gasteiger partial charge on any atom is 0.193 e. The minimum absolute atomic E-state index is 0.308. The third kappa shape index (κ3) is 6.98. The van der Waals surface area contributed by atoms with Gasteiger partial charge in [0.25, 0.3) is 0 Å². The van der Waals surface area contributed by atoms with Gasteiger partial charge in [-0.15, -0.1) is 0 Å². The quantitative estimate of drug-likeness (QED) is 0.252. The summed E-state index contributed by atoms with van der Waals surface area (Å²) in [6.07, 6.45) is 23.2. The van der Waals surface area contributed by atoms with Crippen molar-refractivity contribution in [2.45, 2.75) is 104 Å². The molecular weight excluding hydrogens is 296 g/mol. The highest BCUT2D eigenvalue weighted by Gasteiger charge is 2.40. The Morgan fingerprint density at radius 1 is 1.00 bits per heavy atom. The lowest BCUT2D eigenvalue weighted by molar-refractivity contribution is -0.942. The number of allylic oxidation sites excluding steroid dienone is 2. The molecule has 0 aromatic carbocycles. The number of hydrogen-bond donors (Lipinski definition) is 2. The molecule has 0 radical (unpaired) electrons. The molecule has 1 aliphatic heterocycles. The van der Waals surface area contributed by atoms with E-state index in [-0.39, 0.29) is 6.23 Å². The monoisotopic (exact) mass is 337 g/mol. The van der Waals surface area contributed by atoms with Crippen LogP contribution < -0.4 is 5.32 Å². The van der Waals surface area contributed by atoms with Crippen LogP contribution in [0.5, 0.6) is 0 Å². The van der Waals surface area contributed by atoms with Gasteiger partial charge in [0.2, 0.25) is 0 Å². The third-order valence-electron chi connectivity index (χ3n) is 5.46. The molecule has 2 N–H and O–H groups in total. The van der Waals surface area contributed by atoms with Gasteiger partial charge in [-0.2, -0.15) is 0 Å². The van der Waals surface area contributed by atoms with Gasteiger partial charge in [-0.1, -0.05) is 64.0 Å². The highest BCUT2D eigenvalue weighted by molar-refractivity contribution is 4.88. The number of nitrogens with one attached hydrogen (secondary N) is 1. The summed E-state index contributed by atoms with van der Waals surface area (Å²) < 4.78 is 0.645. The van der Waals surface area contributed by atoms with Gasteiger partial charge in [0.05, 0.1) is 12.7 Å². The first kappa shape index (κ1) is 21.2. The summed E-state index contributed by atoms with van der Waals surface area (Å²) in [4.78, 5) is 0. The van der Waals surface area contributed by atoms with E-state index < -0.39 is 0 Å². The van der Waals surface area contributed by atoms with E-state index in [1.54, 1.807) is 0 Å². The second-order valence-corrected chi connectivity index (χ2v) is 7.25. The number of nitrogens with zero attached hydrogens (tertiary/aromatic N) is 1. The molecule has 0 saturated heterocycles. The van der Waals surface area contributed by atoms with Crippen LogP contribution in [0.3, 0.4) is 0 Å². The summed E-state index contributed by atoms with van der Waals surface area (Å²) in [6.45, 7) is 7.24. The van der Waals surface area contributed by atoms with E-state index in [2.05, 4.69) is 37.5 Å². The minimum Gasteiger partial charge on any atom is -0.345 e. The zero-order chi connectivity index (χ0) is 17.7. The molecule has 1 rings (SSSR count). The number of aliphatic hydroxyl groups is 1. The van der Waals surface area contributed by atoms with E-state index in [4.69, 9.17) is 0 Å². The van der Waals surface area contributed by atoms with Gasteiger partial charge in [0.1, 0.15) is 6.20 Å². The van der Waals surface area contributed by atoms with Crippen molar-refractivity contribution >= 4 is 0 Å². The van der Waals surface area contributed by atoms with Crippen molar-refractivity contribution in [1.82, 2.24) is 5.32 Å². The minimum atomic E-state index is -0.354. The molecule has 3 atom stereocenters. The number of aliphatic hydroxyl groups excluding tert-OH is 1. The lowest BCUT2D eigenvalue weighted by Crippen LogP contribution is -2.57. The molecule has 0 amide bonds. The smallest absolute Gasteiger partial charge is 0.193 e. The van der Waals surface area contributed by atoms with E-state index in [1.165, 1.54) is 57.8 Å². The molecule has 0 aromatic heterocycles. The Bertz CT molecular complexity index is 365. The highest BCUT2D eigenvalue weighted by atomic mass is 16.3. The summed E-state index contributed by atoms with van der Waals surface area (Å²) in [5.74, 6) is 0. The Morgan fingerprint density at radius 2 is 1.62 bits per heavy atom. The topological polar surface area (TPSA) is 32.3 Å². The van der Waals surface area contributed by atoms with Crippen LogP contribution in [0.15, 0.2) is 24.6 Å². The molecule has 0 bridgehead atoms. The number of hydrogen-bond acceptors (Lipinski definition) is 2. The molecule has 3 nitrogen and oxygen atoms in total. The number of unbranched alkanes of at least 4 members (excludes halogenated alkanes) is 8. The van der Waals surface area contributed by atoms with Crippen LogP contribution in [-0.4, -0.2) is 28.5 Å². The second kappa shape index (κ2) is 12.5. The third-order valence-corrected chi connectivity index (χ3v) is 5.46. The fourth-order valence-corrected chi connectivity index (χ4v) is 3.72. The van der Waals surface area contributed by atoms with Crippen LogP contribution in [0.25, 0.3) is 0 Å². The van der Waals surface area contributed by atoms with Crippen molar-refractivity contribution in [2.24, 2.45) is 0 Å². The van der Waals surface area contributed by atoms with Crippen LogP contribution in [-0.2, 0) is 0 Å². The lowest BCUT2D eigenvalue weighted by atomic mass is 10.1. The molecule has 0 spiro atoms. The Kier molecular flexibility index (Phi) is 11.1. The first-order valence-electron chi connectivity index (χ1n) is 10.3. The van der Waals surface area contributed by atoms with Crippen LogP contribution >= 0.6 is 0 Å². The summed E-state index contributed by atoms with van der Waals surface area (Å²) in [5, 5.41) is 13.5. The van der Waals surface area contributed by atoms with Crippen LogP contribution in [0, 0.1) is 0 Å². The Labute approximate surface area is 150 Å². The Balaban J connectivity index is 2.06. The molecule has 24 heavy (non-hydrogen) atoms. The molecule has 0 aliphatic carbocycles. The highest BCUT2D eigenvalue weighted by Crippen LogP contribution is 2.25. The van der Waals surface area contributed by atoms with Crippen molar-refractivity contribution in [3.05, 3.63) is 24.6 Å². The molecule has 1 aliphatic rings. The lowest BCUT2D eigenvalue weighted by Gasteiger charge is -2.39. The molecule has 0 fully saturated rings.